The topological polar surface area (TPSA) is 52.1 Å². The second kappa shape index (κ2) is 5.80. The highest BCUT2D eigenvalue weighted by atomic mass is 35.5. The van der Waals surface area contributed by atoms with Gasteiger partial charge in [-0.15, -0.1) is 0 Å². The minimum Gasteiger partial charge on any atom is -0.462 e. The number of rotatable bonds is 3. The number of aromatic nitrogens is 2. The summed E-state index contributed by atoms with van der Waals surface area (Å²) in [5.74, 6) is -0.0268. The van der Waals surface area contributed by atoms with Crippen LogP contribution in [0.3, 0.4) is 0 Å². The molecule has 0 atom stereocenters. The summed E-state index contributed by atoms with van der Waals surface area (Å²) in [5.41, 5.74) is 2.18. The fraction of sp³-hybridized carbons (Fsp3) is 0.214. The van der Waals surface area contributed by atoms with Crippen molar-refractivity contribution < 1.29 is 9.53 Å². The molecule has 0 N–H and O–H groups in total. The Kier molecular flexibility index (Phi) is 4.12. The van der Waals surface area contributed by atoms with Crippen LogP contribution in [0.15, 0.2) is 30.5 Å². The average Bonchev–Trinajstić information content (AvgIpc) is 2.39. The Balaban J connectivity index is 2.33. The highest BCUT2D eigenvalue weighted by Gasteiger charge is 2.14. The third-order valence-corrected chi connectivity index (χ3v) is 2.84. The second-order valence-corrected chi connectivity index (χ2v) is 4.34. The third-order valence-electron chi connectivity index (χ3n) is 2.55. The summed E-state index contributed by atoms with van der Waals surface area (Å²) in [4.78, 5) is 19.8. The lowest BCUT2D eigenvalue weighted by atomic mass is 10.1. The number of aryl methyl sites for hydroxylation is 1. The molecule has 0 amide bonds. The monoisotopic (exact) mass is 276 g/mol. The van der Waals surface area contributed by atoms with E-state index in [-0.39, 0.29) is 17.3 Å². The van der Waals surface area contributed by atoms with E-state index >= 15 is 0 Å². The van der Waals surface area contributed by atoms with Gasteiger partial charge in [0.05, 0.1) is 6.61 Å². The van der Waals surface area contributed by atoms with Gasteiger partial charge in [0.2, 0.25) is 0 Å². The molecule has 1 heterocycles. The van der Waals surface area contributed by atoms with Crippen molar-refractivity contribution in [3.8, 4) is 11.4 Å². The van der Waals surface area contributed by atoms with E-state index in [1.807, 2.05) is 31.2 Å². The molecule has 0 bridgehead atoms. The van der Waals surface area contributed by atoms with Crippen LogP contribution in [-0.4, -0.2) is 22.5 Å². The SMILES string of the molecule is CCOC(=O)c1cnc(-c2ccc(C)cc2)nc1Cl. The van der Waals surface area contributed by atoms with Gasteiger partial charge in [-0.05, 0) is 13.8 Å². The van der Waals surface area contributed by atoms with E-state index in [4.69, 9.17) is 16.3 Å². The maximum atomic E-state index is 11.6. The summed E-state index contributed by atoms with van der Waals surface area (Å²) in [7, 11) is 0. The number of carbonyl (C=O) groups is 1. The molecule has 0 aliphatic carbocycles. The van der Waals surface area contributed by atoms with Gasteiger partial charge in [-0.3, -0.25) is 0 Å². The van der Waals surface area contributed by atoms with E-state index in [0.717, 1.165) is 11.1 Å². The van der Waals surface area contributed by atoms with E-state index < -0.39 is 5.97 Å². The molecule has 0 spiro atoms. The van der Waals surface area contributed by atoms with Crippen molar-refractivity contribution in [1.29, 1.82) is 0 Å². The lowest BCUT2D eigenvalue weighted by molar-refractivity contribution is 0.0525. The number of carbonyl (C=O) groups excluding carboxylic acids is 1. The Hall–Kier alpha value is -1.94. The van der Waals surface area contributed by atoms with Gasteiger partial charge in [0.25, 0.3) is 0 Å². The summed E-state index contributed by atoms with van der Waals surface area (Å²) < 4.78 is 4.87. The number of hydrogen-bond donors (Lipinski definition) is 0. The zero-order valence-electron chi connectivity index (χ0n) is 10.7. The van der Waals surface area contributed by atoms with Crippen LogP contribution in [0.1, 0.15) is 22.8 Å². The zero-order valence-corrected chi connectivity index (χ0v) is 11.4. The van der Waals surface area contributed by atoms with Crippen LogP contribution in [0.2, 0.25) is 5.15 Å². The molecule has 98 valence electrons. The molecule has 5 heteroatoms. The molecular weight excluding hydrogens is 264 g/mol. The minimum absolute atomic E-state index is 0.101. The maximum Gasteiger partial charge on any atom is 0.342 e. The summed E-state index contributed by atoms with van der Waals surface area (Å²) in [6.45, 7) is 4.02. The maximum absolute atomic E-state index is 11.6. The Bertz CT molecular complexity index is 597. The number of ether oxygens (including phenoxy) is 1. The van der Waals surface area contributed by atoms with Crippen LogP contribution in [0.25, 0.3) is 11.4 Å². The predicted molar refractivity (Wildman–Crippen MR) is 73.2 cm³/mol. The Morgan fingerprint density at radius 1 is 1.32 bits per heavy atom. The molecule has 1 aromatic heterocycles. The molecule has 19 heavy (non-hydrogen) atoms. The number of esters is 1. The molecule has 0 radical (unpaired) electrons. The predicted octanol–water partition coefficient (Wildman–Crippen LogP) is 3.28. The molecule has 2 rings (SSSR count). The fourth-order valence-corrected chi connectivity index (χ4v) is 1.75. The van der Waals surface area contributed by atoms with Crippen molar-refractivity contribution in [1.82, 2.24) is 9.97 Å². The van der Waals surface area contributed by atoms with Crippen LogP contribution < -0.4 is 0 Å². The van der Waals surface area contributed by atoms with Gasteiger partial charge >= 0.3 is 5.97 Å². The van der Waals surface area contributed by atoms with Crippen LogP contribution in [0, 0.1) is 6.92 Å². The van der Waals surface area contributed by atoms with Gasteiger partial charge in [-0.2, -0.15) is 0 Å². The van der Waals surface area contributed by atoms with Crippen molar-refractivity contribution >= 4 is 17.6 Å². The first-order valence-electron chi connectivity index (χ1n) is 5.88. The molecule has 1 aromatic carbocycles. The van der Waals surface area contributed by atoms with Gasteiger partial charge in [0.1, 0.15) is 10.7 Å². The number of halogens is 1. The lowest BCUT2D eigenvalue weighted by Gasteiger charge is -2.05. The molecular formula is C14H13ClN2O2. The molecule has 2 aromatic rings. The van der Waals surface area contributed by atoms with Gasteiger partial charge < -0.3 is 4.74 Å². The fourth-order valence-electron chi connectivity index (χ4n) is 1.55. The van der Waals surface area contributed by atoms with E-state index in [1.165, 1.54) is 6.20 Å². The standard InChI is InChI=1S/C14H13ClN2O2/c1-3-19-14(18)11-8-16-13(17-12(11)15)10-6-4-9(2)5-7-10/h4-8H,3H2,1-2H3. The zero-order chi connectivity index (χ0) is 13.8. The largest absolute Gasteiger partial charge is 0.462 e. The third kappa shape index (κ3) is 3.09. The number of hydrogen-bond acceptors (Lipinski definition) is 4. The Morgan fingerprint density at radius 2 is 2.00 bits per heavy atom. The van der Waals surface area contributed by atoms with Crippen molar-refractivity contribution in [2.24, 2.45) is 0 Å². The summed E-state index contributed by atoms with van der Waals surface area (Å²) >= 11 is 5.99. The van der Waals surface area contributed by atoms with Gasteiger partial charge in [-0.25, -0.2) is 14.8 Å². The van der Waals surface area contributed by atoms with Crippen LogP contribution in [0.5, 0.6) is 0 Å². The highest BCUT2D eigenvalue weighted by molar-refractivity contribution is 6.32. The average molecular weight is 277 g/mol. The number of nitrogens with zero attached hydrogens (tertiary/aromatic N) is 2. The smallest absolute Gasteiger partial charge is 0.342 e. The summed E-state index contributed by atoms with van der Waals surface area (Å²) in [6.07, 6.45) is 1.39. The highest BCUT2D eigenvalue weighted by Crippen LogP contribution is 2.20. The lowest BCUT2D eigenvalue weighted by Crippen LogP contribution is -2.07. The van der Waals surface area contributed by atoms with Crippen molar-refractivity contribution in [2.75, 3.05) is 6.61 Å². The van der Waals surface area contributed by atoms with Crippen LogP contribution in [0.4, 0.5) is 0 Å². The molecule has 0 fully saturated rings. The first kappa shape index (κ1) is 13.5. The summed E-state index contributed by atoms with van der Waals surface area (Å²) in [5, 5.41) is 0.101. The van der Waals surface area contributed by atoms with Gasteiger partial charge in [0.15, 0.2) is 5.82 Å². The molecule has 0 saturated heterocycles. The Labute approximate surface area is 116 Å². The summed E-state index contributed by atoms with van der Waals surface area (Å²) in [6, 6.07) is 7.74. The van der Waals surface area contributed by atoms with E-state index in [1.54, 1.807) is 6.92 Å². The van der Waals surface area contributed by atoms with Gasteiger partial charge in [0, 0.05) is 11.8 Å². The molecule has 4 nitrogen and oxygen atoms in total. The molecule has 0 aliphatic rings. The van der Waals surface area contributed by atoms with Crippen molar-refractivity contribution in [2.45, 2.75) is 13.8 Å². The van der Waals surface area contributed by atoms with E-state index in [9.17, 15) is 4.79 Å². The first-order chi connectivity index (χ1) is 9.11. The second-order valence-electron chi connectivity index (χ2n) is 3.98. The quantitative estimate of drug-likeness (QED) is 0.638. The van der Waals surface area contributed by atoms with Crippen LogP contribution >= 0.6 is 11.6 Å². The van der Waals surface area contributed by atoms with Gasteiger partial charge in [-0.1, -0.05) is 41.4 Å². The normalized spacial score (nSPS) is 10.3. The van der Waals surface area contributed by atoms with E-state index in [2.05, 4.69) is 9.97 Å². The van der Waals surface area contributed by atoms with Crippen molar-refractivity contribution in [3.05, 3.63) is 46.7 Å². The minimum atomic E-state index is -0.511. The molecule has 0 unspecified atom stereocenters. The first-order valence-corrected chi connectivity index (χ1v) is 6.26. The molecule has 0 saturated carbocycles. The van der Waals surface area contributed by atoms with Crippen molar-refractivity contribution in [3.63, 3.8) is 0 Å². The molecule has 0 aliphatic heterocycles. The van der Waals surface area contributed by atoms with Crippen LogP contribution in [-0.2, 0) is 4.74 Å². The number of benzene rings is 1. The Morgan fingerprint density at radius 3 is 2.58 bits per heavy atom. The van der Waals surface area contributed by atoms with E-state index in [0.29, 0.717) is 5.82 Å².